The molecule has 11 aromatic carbocycles. The standard InChI is InChI=1S/C67H43NOS/c1-3-14-49(15-4-1)67(50-16-5-2-6-17-50)60-22-10-7-18-55(60)58-43-53(39-40-61(58)67)68(52-37-32-47(33-38-52)54-21-13-24-63-66(54)57-20-8-11-23-62(57)69-63)51-35-30-45(31-36-51)44-26-28-46(29-27-44)48-34-41-65-59(42-48)56-19-9-12-25-64(56)70-65/h1-43H. The highest BCUT2D eigenvalue weighted by molar-refractivity contribution is 7.25. The molecular weight excluding hydrogens is 867 g/mol. The molecule has 3 heteroatoms. The summed E-state index contributed by atoms with van der Waals surface area (Å²) in [5.41, 5.74) is 19.3. The number of hydrogen-bond donors (Lipinski definition) is 0. The van der Waals surface area contributed by atoms with Gasteiger partial charge in [-0.3, -0.25) is 0 Å². The molecule has 14 rings (SSSR count). The SMILES string of the molecule is c1ccc(C2(c3ccccc3)c3ccccc3-c3cc(N(c4ccc(-c5ccc(-c6ccc7sc8ccccc8c7c6)cc5)cc4)c4ccc(-c5cccc6oc7ccccc7c56)cc4)ccc32)cc1. The molecule has 70 heavy (non-hydrogen) atoms. The summed E-state index contributed by atoms with van der Waals surface area (Å²) in [6, 6.07) is 95.5. The van der Waals surface area contributed by atoms with E-state index >= 15 is 0 Å². The summed E-state index contributed by atoms with van der Waals surface area (Å²) in [6.07, 6.45) is 0. The molecular formula is C67H43NOS. The van der Waals surface area contributed by atoms with E-state index in [1.165, 1.54) is 75.8 Å². The fourth-order valence-electron chi connectivity index (χ4n) is 11.4. The zero-order valence-corrected chi connectivity index (χ0v) is 38.9. The van der Waals surface area contributed by atoms with E-state index in [4.69, 9.17) is 4.42 Å². The van der Waals surface area contributed by atoms with E-state index in [0.717, 1.165) is 50.1 Å². The van der Waals surface area contributed by atoms with Crippen LogP contribution in [0.3, 0.4) is 0 Å². The maximum absolute atomic E-state index is 6.31. The maximum atomic E-state index is 6.31. The molecule has 1 aliphatic rings. The highest BCUT2D eigenvalue weighted by Crippen LogP contribution is 2.57. The molecule has 0 saturated heterocycles. The molecule has 2 aromatic heterocycles. The number of nitrogens with zero attached hydrogens (tertiary/aromatic N) is 1. The quantitative estimate of drug-likeness (QED) is 0.151. The first-order chi connectivity index (χ1) is 34.7. The van der Waals surface area contributed by atoms with Gasteiger partial charge in [0.2, 0.25) is 0 Å². The third-order valence-corrected chi connectivity index (χ3v) is 15.7. The first-order valence-electron chi connectivity index (χ1n) is 24.0. The van der Waals surface area contributed by atoms with Crippen molar-refractivity contribution in [3.8, 4) is 44.5 Å². The Morgan fingerprint density at radius 2 is 0.829 bits per heavy atom. The van der Waals surface area contributed by atoms with E-state index in [9.17, 15) is 0 Å². The van der Waals surface area contributed by atoms with Gasteiger partial charge in [0.1, 0.15) is 11.2 Å². The fraction of sp³-hybridized carbons (Fsp3) is 0.0149. The van der Waals surface area contributed by atoms with Crippen LogP contribution in [0.5, 0.6) is 0 Å². The molecule has 0 atom stereocenters. The van der Waals surface area contributed by atoms with Crippen LogP contribution in [0.1, 0.15) is 22.3 Å². The van der Waals surface area contributed by atoms with E-state index in [0.29, 0.717) is 0 Å². The Bertz CT molecular complexity index is 4050. The Morgan fingerprint density at radius 1 is 0.314 bits per heavy atom. The van der Waals surface area contributed by atoms with Gasteiger partial charge in [-0.15, -0.1) is 11.3 Å². The third-order valence-electron chi connectivity index (χ3n) is 14.6. The van der Waals surface area contributed by atoms with Crippen LogP contribution in [-0.4, -0.2) is 0 Å². The van der Waals surface area contributed by atoms with E-state index in [-0.39, 0.29) is 0 Å². The van der Waals surface area contributed by atoms with Crippen molar-refractivity contribution >= 4 is 70.5 Å². The minimum absolute atomic E-state index is 0.472. The lowest BCUT2D eigenvalue weighted by Gasteiger charge is -2.34. The summed E-state index contributed by atoms with van der Waals surface area (Å²) < 4.78 is 8.96. The second-order valence-corrected chi connectivity index (χ2v) is 19.4. The zero-order chi connectivity index (χ0) is 46.2. The number of para-hydroxylation sites is 1. The summed E-state index contributed by atoms with van der Waals surface area (Å²) in [4.78, 5) is 2.41. The van der Waals surface area contributed by atoms with Gasteiger partial charge in [0, 0.05) is 48.0 Å². The molecule has 328 valence electrons. The summed E-state index contributed by atoms with van der Waals surface area (Å²) >= 11 is 1.86. The normalized spacial score (nSPS) is 12.7. The minimum atomic E-state index is -0.472. The Hall–Kier alpha value is -8.76. The molecule has 0 amide bonds. The second-order valence-electron chi connectivity index (χ2n) is 18.4. The van der Waals surface area contributed by atoms with Gasteiger partial charge in [-0.1, -0.05) is 194 Å². The summed E-state index contributed by atoms with van der Waals surface area (Å²) in [5, 5.41) is 4.91. The lowest BCUT2D eigenvalue weighted by atomic mass is 9.68. The fourth-order valence-corrected chi connectivity index (χ4v) is 12.5. The van der Waals surface area contributed by atoms with Gasteiger partial charge in [0.25, 0.3) is 0 Å². The van der Waals surface area contributed by atoms with Crippen molar-refractivity contribution < 1.29 is 4.42 Å². The van der Waals surface area contributed by atoms with E-state index in [2.05, 4.69) is 254 Å². The predicted octanol–water partition coefficient (Wildman–Crippen LogP) is 18.8. The van der Waals surface area contributed by atoms with Gasteiger partial charge in [0.05, 0.1) is 5.41 Å². The molecule has 2 heterocycles. The lowest BCUT2D eigenvalue weighted by molar-refractivity contribution is 0.669. The molecule has 0 aliphatic heterocycles. The van der Waals surface area contributed by atoms with Crippen molar-refractivity contribution in [1.82, 2.24) is 0 Å². The number of thiophene rings is 1. The third kappa shape index (κ3) is 6.32. The van der Waals surface area contributed by atoms with E-state index < -0.39 is 5.41 Å². The van der Waals surface area contributed by atoms with Crippen LogP contribution in [0.25, 0.3) is 86.6 Å². The van der Waals surface area contributed by atoms with Gasteiger partial charge in [-0.2, -0.15) is 0 Å². The smallest absolute Gasteiger partial charge is 0.136 e. The number of hydrogen-bond acceptors (Lipinski definition) is 3. The molecule has 1 aliphatic carbocycles. The Morgan fingerprint density at radius 3 is 1.56 bits per heavy atom. The summed E-state index contributed by atoms with van der Waals surface area (Å²) in [6.45, 7) is 0. The van der Waals surface area contributed by atoms with Crippen molar-refractivity contribution in [2.75, 3.05) is 4.90 Å². The Balaban J connectivity index is 0.879. The van der Waals surface area contributed by atoms with Crippen LogP contribution >= 0.6 is 11.3 Å². The molecule has 0 saturated carbocycles. The van der Waals surface area contributed by atoms with Gasteiger partial charge in [-0.25, -0.2) is 0 Å². The predicted molar refractivity (Wildman–Crippen MR) is 295 cm³/mol. The van der Waals surface area contributed by atoms with Crippen LogP contribution in [-0.2, 0) is 5.41 Å². The van der Waals surface area contributed by atoms with Crippen molar-refractivity contribution in [3.05, 3.63) is 283 Å². The first-order valence-corrected chi connectivity index (χ1v) is 24.8. The van der Waals surface area contributed by atoms with Crippen molar-refractivity contribution in [3.63, 3.8) is 0 Å². The highest BCUT2D eigenvalue weighted by Gasteiger charge is 2.46. The molecule has 0 fully saturated rings. The molecule has 0 bridgehead atoms. The number of benzene rings is 11. The van der Waals surface area contributed by atoms with Crippen LogP contribution in [0.4, 0.5) is 17.1 Å². The lowest BCUT2D eigenvalue weighted by Crippen LogP contribution is -2.28. The Labute approximate surface area is 410 Å². The average Bonchev–Trinajstić information content (AvgIpc) is 4.10. The zero-order valence-electron chi connectivity index (χ0n) is 38.1. The van der Waals surface area contributed by atoms with Gasteiger partial charge in [0.15, 0.2) is 0 Å². The van der Waals surface area contributed by atoms with Crippen molar-refractivity contribution in [1.29, 1.82) is 0 Å². The topological polar surface area (TPSA) is 16.4 Å². The van der Waals surface area contributed by atoms with E-state index in [1.54, 1.807) is 0 Å². The number of furan rings is 1. The van der Waals surface area contributed by atoms with Gasteiger partial charge in [-0.05, 0) is 133 Å². The summed E-state index contributed by atoms with van der Waals surface area (Å²) in [5.74, 6) is 0. The molecule has 0 unspecified atom stereocenters. The minimum Gasteiger partial charge on any atom is -0.456 e. The number of anilines is 3. The second kappa shape index (κ2) is 16.2. The van der Waals surface area contributed by atoms with Crippen molar-refractivity contribution in [2.45, 2.75) is 5.41 Å². The molecule has 0 radical (unpaired) electrons. The van der Waals surface area contributed by atoms with Gasteiger partial charge >= 0.3 is 0 Å². The van der Waals surface area contributed by atoms with Crippen LogP contribution in [0.15, 0.2) is 265 Å². The van der Waals surface area contributed by atoms with Gasteiger partial charge < -0.3 is 9.32 Å². The van der Waals surface area contributed by atoms with Crippen LogP contribution in [0, 0.1) is 0 Å². The molecule has 13 aromatic rings. The summed E-state index contributed by atoms with van der Waals surface area (Å²) in [7, 11) is 0. The highest BCUT2D eigenvalue weighted by atomic mass is 32.1. The monoisotopic (exact) mass is 909 g/mol. The molecule has 0 N–H and O–H groups in total. The molecule has 0 spiro atoms. The van der Waals surface area contributed by atoms with Crippen molar-refractivity contribution in [2.24, 2.45) is 0 Å². The number of rotatable bonds is 8. The van der Waals surface area contributed by atoms with Crippen LogP contribution in [0.2, 0.25) is 0 Å². The molecule has 2 nitrogen and oxygen atoms in total. The first kappa shape index (κ1) is 40.3. The largest absolute Gasteiger partial charge is 0.456 e. The van der Waals surface area contributed by atoms with E-state index in [1.807, 2.05) is 23.5 Å². The maximum Gasteiger partial charge on any atom is 0.136 e. The Kier molecular flexibility index (Phi) is 9.33. The number of fused-ring (bicyclic) bond motifs is 9. The average molecular weight is 910 g/mol. The van der Waals surface area contributed by atoms with Crippen LogP contribution < -0.4 is 4.90 Å².